The van der Waals surface area contributed by atoms with Crippen LogP contribution in [0.3, 0.4) is 0 Å². The lowest BCUT2D eigenvalue weighted by Gasteiger charge is -2.03. The van der Waals surface area contributed by atoms with Crippen molar-refractivity contribution in [2.75, 3.05) is 5.32 Å². The number of fused-ring (bicyclic) bond motifs is 1. The van der Waals surface area contributed by atoms with E-state index in [1.807, 2.05) is 24.4 Å². The van der Waals surface area contributed by atoms with Gasteiger partial charge in [-0.25, -0.2) is 0 Å². The summed E-state index contributed by atoms with van der Waals surface area (Å²) in [5, 5.41) is 4.68. The van der Waals surface area contributed by atoms with Gasteiger partial charge in [-0.3, -0.25) is 9.59 Å². The standard InChI is InChI=1S/C14H11NO2S/c1-8-4-5-18-14(8)13(17)9-2-3-11-10(6-9)7-12(16)15-11/h2-6H,7H2,1H3,(H,15,16). The number of hydrogen-bond acceptors (Lipinski definition) is 3. The van der Waals surface area contributed by atoms with Gasteiger partial charge in [0.05, 0.1) is 11.3 Å². The monoisotopic (exact) mass is 257 g/mol. The predicted octanol–water partition coefficient (Wildman–Crippen LogP) is 2.78. The first kappa shape index (κ1) is 11.2. The summed E-state index contributed by atoms with van der Waals surface area (Å²) in [5.74, 6) is 0.0200. The fourth-order valence-corrected chi connectivity index (χ4v) is 2.99. The second kappa shape index (κ2) is 4.07. The summed E-state index contributed by atoms with van der Waals surface area (Å²) in [6.45, 7) is 1.93. The summed E-state index contributed by atoms with van der Waals surface area (Å²) in [5.41, 5.74) is 3.37. The molecule has 1 N–H and O–H groups in total. The largest absolute Gasteiger partial charge is 0.326 e. The second-order valence-electron chi connectivity index (χ2n) is 4.36. The Morgan fingerprint density at radius 2 is 2.17 bits per heavy atom. The molecule has 4 heteroatoms. The van der Waals surface area contributed by atoms with E-state index in [0.29, 0.717) is 12.0 Å². The highest BCUT2D eigenvalue weighted by Gasteiger charge is 2.20. The molecule has 1 aromatic carbocycles. The number of aryl methyl sites for hydroxylation is 1. The molecule has 2 heterocycles. The molecule has 1 aromatic heterocycles. The number of anilines is 1. The van der Waals surface area contributed by atoms with Crippen molar-refractivity contribution in [3.8, 4) is 0 Å². The number of hydrogen-bond donors (Lipinski definition) is 1. The number of benzene rings is 1. The Morgan fingerprint density at radius 3 is 2.89 bits per heavy atom. The number of carbonyl (C=O) groups is 2. The molecule has 0 fully saturated rings. The zero-order valence-corrected chi connectivity index (χ0v) is 10.6. The summed E-state index contributed by atoms with van der Waals surface area (Å²) in [6, 6.07) is 7.33. The van der Waals surface area contributed by atoms with E-state index in [1.54, 1.807) is 12.1 Å². The molecule has 1 aliphatic rings. The molecule has 0 saturated carbocycles. The normalized spacial score (nSPS) is 13.3. The molecule has 2 aromatic rings. The zero-order chi connectivity index (χ0) is 12.7. The quantitative estimate of drug-likeness (QED) is 0.841. The Kier molecular flexibility index (Phi) is 2.52. The summed E-state index contributed by atoms with van der Waals surface area (Å²) < 4.78 is 0. The Hall–Kier alpha value is -1.94. The number of ketones is 1. The number of carbonyl (C=O) groups excluding carboxylic acids is 2. The maximum Gasteiger partial charge on any atom is 0.228 e. The van der Waals surface area contributed by atoms with Crippen molar-refractivity contribution in [3.63, 3.8) is 0 Å². The maximum atomic E-state index is 12.3. The fourth-order valence-electron chi connectivity index (χ4n) is 2.11. The van der Waals surface area contributed by atoms with E-state index in [-0.39, 0.29) is 11.7 Å². The topological polar surface area (TPSA) is 46.2 Å². The van der Waals surface area contributed by atoms with Crippen LogP contribution >= 0.6 is 11.3 Å². The van der Waals surface area contributed by atoms with Gasteiger partial charge in [-0.15, -0.1) is 11.3 Å². The summed E-state index contributed by atoms with van der Waals surface area (Å²) in [4.78, 5) is 24.4. The van der Waals surface area contributed by atoms with Gasteiger partial charge in [-0.05, 0) is 47.7 Å². The van der Waals surface area contributed by atoms with Crippen molar-refractivity contribution in [3.05, 3.63) is 51.2 Å². The molecule has 3 rings (SSSR count). The Labute approximate surface area is 108 Å². The van der Waals surface area contributed by atoms with Crippen LogP contribution in [0.5, 0.6) is 0 Å². The van der Waals surface area contributed by atoms with E-state index in [9.17, 15) is 9.59 Å². The molecule has 0 spiro atoms. The molecule has 90 valence electrons. The summed E-state index contributed by atoms with van der Waals surface area (Å²) in [6.07, 6.45) is 0.361. The zero-order valence-electron chi connectivity index (χ0n) is 9.82. The van der Waals surface area contributed by atoms with Crippen LogP contribution in [0.4, 0.5) is 5.69 Å². The number of amides is 1. The van der Waals surface area contributed by atoms with Gasteiger partial charge in [-0.1, -0.05) is 0 Å². The van der Waals surface area contributed by atoms with Crippen molar-refractivity contribution >= 4 is 28.7 Å². The molecule has 1 aliphatic heterocycles. The molecule has 0 atom stereocenters. The van der Waals surface area contributed by atoms with Crippen molar-refractivity contribution in [2.45, 2.75) is 13.3 Å². The van der Waals surface area contributed by atoms with Gasteiger partial charge in [0.15, 0.2) is 0 Å². The summed E-state index contributed by atoms with van der Waals surface area (Å²) >= 11 is 1.45. The van der Waals surface area contributed by atoms with Gasteiger partial charge in [0.25, 0.3) is 0 Å². The van der Waals surface area contributed by atoms with E-state index in [0.717, 1.165) is 21.7 Å². The third-order valence-corrected chi connectivity index (χ3v) is 4.08. The number of nitrogens with one attached hydrogen (secondary N) is 1. The molecule has 1 amide bonds. The highest BCUT2D eigenvalue weighted by atomic mass is 32.1. The Balaban J connectivity index is 2.00. The smallest absolute Gasteiger partial charge is 0.228 e. The minimum atomic E-state index is -0.0121. The highest BCUT2D eigenvalue weighted by Crippen LogP contribution is 2.26. The van der Waals surface area contributed by atoms with E-state index in [1.165, 1.54) is 11.3 Å². The number of thiophene rings is 1. The molecule has 0 aliphatic carbocycles. The highest BCUT2D eigenvalue weighted by molar-refractivity contribution is 7.12. The van der Waals surface area contributed by atoms with Crippen LogP contribution in [0, 0.1) is 6.92 Å². The molecular formula is C14H11NO2S. The second-order valence-corrected chi connectivity index (χ2v) is 5.27. The minimum absolute atomic E-state index is 0.0121. The average Bonchev–Trinajstić information content (AvgIpc) is 2.91. The van der Waals surface area contributed by atoms with Crippen LogP contribution in [0.25, 0.3) is 0 Å². The molecular weight excluding hydrogens is 246 g/mol. The van der Waals surface area contributed by atoms with Crippen molar-refractivity contribution < 1.29 is 9.59 Å². The lowest BCUT2D eigenvalue weighted by molar-refractivity contribution is -0.115. The minimum Gasteiger partial charge on any atom is -0.326 e. The van der Waals surface area contributed by atoms with Gasteiger partial charge in [-0.2, -0.15) is 0 Å². The Morgan fingerprint density at radius 1 is 1.33 bits per heavy atom. The van der Waals surface area contributed by atoms with E-state index < -0.39 is 0 Å². The first-order valence-corrected chi connectivity index (χ1v) is 6.54. The van der Waals surface area contributed by atoms with Crippen LogP contribution in [-0.2, 0) is 11.2 Å². The van der Waals surface area contributed by atoms with Crippen LogP contribution in [-0.4, -0.2) is 11.7 Å². The Bertz CT molecular complexity index is 658. The van der Waals surface area contributed by atoms with Crippen LogP contribution < -0.4 is 5.32 Å². The van der Waals surface area contributed by atoms with Crippen molar-refractivity contribution in [1.29, 1.82) is 0 Å². The van der Waals surface area contributed by atoms with Gasteiger partial charge in [0, 0.05) is 11.3 Å². The molecule has 0 unspecified atom stereocenters. The average molecular weight is 257 g/mol. The van der Waals surface area contributed by atoms with Gasteiger partial charge < -0.3 is 5.32 Å². The molecule has 18 heavy (non-hydrogen) atoms. The third-order valence-electron chi connectivity index (χ3n) is 3.06. The molecule has 3 nitrogen and oxygen atoms in total. The van der Waals surface area contributed by atoms with Crippen LogP contribution in [0.2, 0.25) is 0 Å². The maximum absolute atomic E-state index is 12.3. The van der Waals surface area contributed by atoms with Gasteiger partial charge in [0.1, 0.15) is 0 Å². The number of rotatable bonds is 2. The van der Waals surface area contributed by atoms with E-state index >= 15 is 0 Å². The third kappa shape index (κ3) is 1.75. The molecule has 0 bridgehead atoms. The van der Waals surface area contributed by atoms with Gasteiger partial charge >= 0.3 is 0 Å². The van der Waals surface area contributed by atoms with Gasteiger partial charge in [0.2, 0.25) is 11.7 Å². The van der Waals surface area contributed by atoms with Crippen LogP contribution in [0.1, 0.15) is 26.4 Å². The lowest BCUT2D eigenvalue weighted by Crippen LogP contribution is -2.03. The molecule has 0 saturated heterocycles. The first-order valence-electron chi connectivity index (χ1n) is 5.67. The summed E-state index contributed by atoms with van der Waals surface area (Å²) in [7, 11) is 0. The first-order chi connectivity index (χ1) is 8.65. The fraction of sp³-hybridized carbons (Fsp3) is 0.143. The van der Waals surface area contributed by atoms with E-state index in [2.05, 4.69) is 5.32 Å². The lowest BCUT2D eigenvalue weighted by atomic mass is 10.0. The van der Waals surface area contributed by atoms with Crippen molar-refractivity contribution in [1.82, 2.24) is 0 Å². The van der Waals surface area contributed by atoms with Crippen LogP contribution in [0.15, 0.2) is 29.6 Å². The predicted molar refractivity (Wildman–Crippen MR) is 71.3 cm³/mol. The SMILES string of the molecule is Cc1ccsc1C(=O)c1ccc2c(c1)CC(=O)N2. The van der Waals surface area contributed by atoms with E-state index in [4.69, 9.17) is 0 Å². The molecule has 0 radical (unpaired) electrons. The van der Waals surface area contributed by atoms with Crippen molar-refractivity contribution in [2.24, 2.45) is 0 Å².